The number of amides is 1. The molecule has 0 unspecified atom stereocenters. The van der Waals surface area contributed by atoms with Gasteiger partial charge in [-0.3, -0.25) is 9.59 Å². The van der Waals surface area contributed by atoms with Crippen LogP contribution in [-0.4, -0.2) is 27.2 Å². The second kappa shape index (κ2) is 9.32. The van der Waals surface area contributed by atoms with Crippen molar-refractivity contribution < 1.29 is 9.53 Å². The number of hydrogen-bond donors (Lipinski definition) is 1. The third-order valence-electron chi connectivity index (χ3n) is 6.06. The van der Waals surface area contributed by atoms with E-state index in [1.54, 1.807) is 7.11 Å². The van der Waals surface area contributed by atoms with Gasteiger partial charge in [0.25, 0.3) is 5.56 Å². The molecule has 0 aliphatic carbocycles. The fourth-order valence-electron chi connectivity index (χ4n) is 4.03. The maximum absolute atomic E-state index is 13.3. The second-order valence-electron chi connectivity index (χ2n) is 8.02. The van der Waals surface area contributed by atoms with Gasteiger partial charge < -0.3 is 14.6 Å². The molecule has 2 aromatic carbocycles. The maximum Gasteiger partial charge on any atom is 0.277 e. The average Bonchev–Trinajstić information content (AvgIpc) is 3.29. The number of para-hydroxylation sites is 1. The summed E-state index contributed by atoms with van der Waals surface area (Å²) in [7, 11) is 3.52. The Kier molecular flexibility index (Phi) is 6.31. The first-order chi connectivity index (χ1) is 15.9. The van der Waals surface area contributed by atoms with Crippen LogP contribution in [0.1, 0.15) is 30.2 Å². The van der Waals surface area contributed by atoms with Gasteiger partial charge in [-0.15, -0.1) is 0 Å². The largest absolute Gasteiger partial charge is 0.497 e. The number of carbonyl (C=O) groups is 1. The smallest absolute Gasteiger partial charge is 0.277 e. The van der Waals surface area contributed by atoms with Crippen LogP contribution in [0.2, 0.25) is 0 Å². The van der Waals surface area contributed by atoms with Crippen LogP contribution in [0.4, 0.5) is 5.69 Å². The lowest BCUT2D eigenvalue weighted by atomic mass is 10.1. The number of rotatable bonds is 7. The summed E-state index contributed by atoms with van der Waals surface area (Å²) < 4.78 is 8.67. The van der Waals surface area contributed by atoms with Gasteiger partial charge in [0.05, 0.1) is 12.8 Å². The Morgan fingerprint density at radius 3 is 2.67 bits per heavy atom. The van der Waals surface area contributed by atoms with Gasteiger partial charge in [0.2, 0.25) is 5.91 Å². The minimum Gasteiger partial charge on any atom is -0.497 e. The van der Waals surface area contributed by atoms with Crippen LogP contribution in [0.15, 0.2) is 59.4 Å². The predicted molar refractivity (Wildman–Crippen MR) is 130 cm³/mol. The monoisotopic (exact) mass is 444 g/mol. The number of ether oxygens (including phenoxy) is 1. The van der Waals surface area contributed by atoms with Gasteiger partial charge in [0.15, 0.2) is 0 Å². The van der Waals surface area contributed by atoms with Crippen molar-refractivity contribution in [2.45, 2.75) is 33.1 Å². The molecule has 0 spiro atoms. The number of anilines is 1. The standard InChI is InChI=1S/C26H28N4O3/c1-5-18-9-6-7-12-22(18)27-24(31)14-13-21-17(2)29(3)25-16-23(28-30(25)26(21)32)19-10-8-11-20(15-19)33-4/h6-12,15-16H,5,13-14H2,1-4H3,(H,27,31). The third-order valence-corrected chi connectivity index (χ3v) is 6.06. The van der Waals surface area contributed by atoms with Crippen LogP contribution in [0.25, 0.3) is 16.9 Å². The van der Waals surface area contributed by atoms with E-state index in [0.717, 1.165) is 34.7 Å². The molecule has 7 nitrogen and oxygen atoms in total. The molecule has 7 heteroatoms. The normalized spacial score (nSPS) is 11.0. The van der Waals surface area contributed by atoms with Crippen molar-refractivity contribution in [2.24, 2.45) is 7.05 Å². The Labute approximate surface area is 192 Å². The van der Waals surface area contributed by atoms with Gasteiger partial charge in [-0.1, -0.05) is 37.3 Å². The van der Waals surface area contributed by atoms with Crippen molar-refractivity contribution in [3.63, 3.8) is 0 Å². The van der Waals surface area contributed by atoms with Crippen molar-refractivity contribution in [2.75, 3.05) is 12.4 Å². The summed E-state index contributed by atoms with van der Waals surface area (Å²) in [6, 6.07) is 17.2. The molecule has 33 heavy (non-hydrogen) atoms. The molecular weight excluding hydrogens is 416 g/mol. The zero-order valence-electron chi connectivity index (χ0n) is 19.4. The van der Waals surface area contributed by atoms with Gasteiger partial charge in [0, 0.05) is 42.0 Å². The number of hydrogen-bond acceptors (Lipinski definition) is 4. The molecule has 2 heterocycles. The van der Waals surface area contributed by atoms with E-state index in [2.05, 4.69) is 17.3 Å². The number of methoxy groups -OCH3 is 1. The number of nitrogens with zero attached hydrogens (tertiary/aromatic N) is 3. The summed E-state index contributed by atoms with van der Waals surface area (Å²) in [6.07, 6.45) is 1.38. The molecule has 0 saturated heterocycles. The van der Waals surface area contributed by atoms with E-state index >= 15 is 0 Å². The molecule has 1 amide bonds. The summed E-state index contributed by atoms with van der Waals surface area (Å²) in [5, 5.41) is 7.54. The van der Waals surface area contributed by atoms with Gasteiger partial charge >= 0.3 is 0 Å². The minimum atomic E-state index is -0.198. The summed E-state index contributed by atoms with van der Waals surface area (Å²) >= 11 is 0. The van der Waals surface area contributed by atoms with E-state index in [1.165, 1.54) is 4.52 Å². The number of carbonyl (C=O) groups excluding carboxylic acids is 1. The quantitative estimate of drug-likeness (QED) is 0.465. The van der Waals surface area contributed by atoms with Crippen LogP contribution in [0.5, 0.6) is 5.75 Å². The zero-order chi connectivity index (χ0) is 23.5. The highest BCUT2D eigenvalue weighted by Crippen LogP contribution is 2.24. The topological polar surface area (TPSA) is 77.6 Å². The van der Waals surface area contributed by atoms with Gasteiger partial charge in [-0.05, 0) is 43.5 Å². The Bertz CT molecular complexity index is 1380. The minimum absolute atomic E-state index is 0.116. The lowest BCUT2D eigenvalue weighted by Gasteiger charge is -2.13. The first-order valence-electron chi connectivity index (χ1n) is 11.0. The average molecular weight is 445 g/mol. The Morgan fingerprint density at radius 1 is 1.12 bits per heavy atom. The summed E-state index contributed by atoms with van der Waals surface area (Å²) in [6.45, 7) is 3.95. The summed E-state index contributed by atoms with van der Waals surface area (Å²) in [4.78, 5) is 25.9. The molecule has 1 N–H and O–H groups in total. The molecule has 4 rings (SSSR count). The third kappa shape index (κ3) is 4.39. The molecule has 0 atom stereocenters. The molecule has 2 aromatic heterocycles. The molecular formula is C26H28N4O3. The van der Waals surface area contributed by atoms with Crippen LogP contribution in [0, 0.1) is 6.92 Å². The number of aromatic nitrogens is 3. The van der Waals surface area contributed by atoms with E-state index in [1.807, 2.05) is 73.1 Å². The number of nitrogens with one attached hydrogen (secondary N) is 1. The van der Waals surface area contributed by atoms with Gasteiger partial charge in [0.1, 0.15) is 11.4 Å². The van der Waals surface area contributed by atoms with E-state index in [0.29, 0.717) is 23.3 Å². The highest BCUT2D eigenvalue weighted by atomic mass is 16.5. The first-order valence-corrected chi connectivity index (χ1v) is 11.0. The molecule has 0 bridgehead atoms. The molecule has 0 aliphatic heterocycles. The van der Waals surface area contributed by atoms with Crippen LogP contribution < -0.4 is 15.6 Å². The molecule has 0 saturated carbocycles. The predicted octanol–water partition coefficient (Wildman–Crippen LogP) is 4.15. The van der Waals surface area contributed by atoms with Crippen LogP contribution in [0.3, 0.4) is 0 Å². The van der Waals surface area contributed by atoms with E-state index in [4.69, 9.17) is 4.74 Å². The van der Waals surface area contributed by atoms with Crippen molar-refractivity contribution in [3.8, 4) is 17.0 Å². The van der Waals surface area contributed by atoms with E-state index < -0.39 is 0 Å². The van der Waals surface area contributed by atoms with Crippen molar-refractivity contribution in [1.82, 2.24) is 14.2 Å². The number of benzene rings is 2. The van der Waals surface area contributed by atoms with E-state index in [-0.39, 0.29) is 17.9 Å². The Balaban J connectivity index is 1.62. The van der Waals surface area contributed by atoms with Gasteiger partial charge in [-0.25, -0.2) is 0 Å². The van der Waals surface area contributed by atoms with Crippen molar-refractivity contribution in [1.29, 1.82) is 0 Å². The fourth-order valence-corrected chi connectivity index (χ4v) is 4.03. The van der Waals surface area contributed by atoms with Crippen LogP contribution >= 0.6 is 0 Å². The fraction of sp³-hybridized carbons (Fsp3) is 0.269. The highest BCUT2D eigenvalue weighted by molar-refractivity contribution is 5.91. The number of fused-ring (bicyclic) bond motifs is 1. The summed E-state index contributed by atoms with van der Waals surface area (Å²) in [5.41, 5.74) is 5.37. The molecule has 0 fully saturated rings. The lowest BCUT2D eigenvalue weighted by molar-refractivity contribution is -0.116. The molecule has 0 aliphatic rings. The highest BCUT2D eigenvalue weighted by Gasteiger charge is 2.17. The van der Waals surface area contributed by atoms with Crippen molar-refractivity contribution in [3.05, 3.63) is 81.8 Å². The summed E-state index contributed by atoms with van der Waals surface area (Å²) in [5.74, 6) is 0.610. The SMILES string of the molecule is CCc1ccccc1NC(=O)CCc1c(C)n(C)c2cc(-c3cccc(OC)c3)nn2c1=O. The lowest BCUT2D eigenvalue weighted by Crippen LogP contribution is -2.26. The zero-order valence-corrected chi connectivity index (χ0v) is 19.4. The van der Waals surface area contributed by atoms with Crippen molar-refractivity contribution >= 4 is 17.2 Å². The number of aryl methyl sites for hydroxylation is 2. The Morgan fingerprint density at radius 2 is 1.91 bits per heavy atom. The first kappa shape index (κ1) is 22.3. The van der Waals surface area contributed by atoms with Crippen LogP contribution in [-0.2, 0) is 24.7 Å². The molecule has 0 radical (unpaired) electrons. The second-order valence-corrected chi connectivity index (χ2v) is 8.02. The molecule has 170 valence electrons. The Hall–Kier alpha value is -3.87. The maximum atomic E-state index is 13.3. The van der Waals surface area contributed by atoms with Gasteiger partial charge in [-0.2, -0.15) is 9.61 Å². The van der Waals surface area contributed by atoms with E-state index in [9.17, 15) is 9.59 Å². The molecule has 4 aromatic rings.